The summed E-state index contributed by atoms with van der Waals surface area (Å²) in [6, 6.07) is 10.8. The maximum absolute atomic E-state index is 13.1. The maximum Gasteiger partial charge on any atom is 0.416 e. The van der Waals surface area contributed by atoms with E-state index in [2.05, 4.69) is 5.32 Å². The van der Waals surface area contributed by atoms with Crippen molar-refractivity contribution < 1.29 is 17.9 Å². The molecule has 0 spiro atoms. The molecule has 21 heavy (non-hydrogen) atoms. The van der Waals surface area contributed by atoms with Crippen molar-refractivity contribution in [3.05, 3.63) is 59.2 Å². The number of halogens is 3. The largest absolute Gasteiger partial charge is 0.497 e. The summed E-state index contributed by atoms with van der Waals surface area (Å²) in [5.41, 5.74) is 1.52. The Morgan fingerprint density at radius 3 is 2.62 bits per heavy atom. The molecular weight excluding hydrogens is 279 g/mol. The highest BCUT2D eigenvalue weighted by atomic mass is 19.4. The number of alkyl halides is 3. The van der Waals surface area contributed by atoms with Crippen molar-refractivity contribution in [3.63, 3.8) is 0 Å². The van der Waals surface area contributed by atoms with Gasteiger partial charge in [-0.3, -0.25) is 0 Å². The van der Waals surface area contributed by atoms with Crippen LogP contribution in [-0.2, 0) is 12.6 Å². The lowest BCUT2D eigenvalue weighted by Gasteiger charge is -2.18. The number of hydrogen-bond donors (Lipinski definition) is 1. The van der Waals surface area contributed by atoms with Crippen molar-refractivity contribution >= 4 is 5.69 Å². The average molecular weight is 293 g/mol. The molecule has 1 aliphatic heterocycles. The van der Waals surface area contributed by atoms with Crippen LogP contribution >= 0.6 is 0 Å². The lowest BCUT2D eigenvalue weighted by molar-refractivity contribution is -0.138. The standard InChI is InChI=1S/C16H14F3NO/c1-21-11-6-7-14-10(8-11)9-15(20-14)12-4-2-3-5-13(12)16(17,18)19/h2-8,15,20H,9H2,1H3. The number of anilines is 1. The quantitative estimate of drug-likeness (QED) is 0.884. The van der Waals surface area contributed by atoms with E-state index in [-0.39, 0.29) is 11.6 Å². The summed E-state index contributed by atoms with van der Waals surface area (Å²) >= 11 is 0. The van der Waals surface area contributed by atoms with Crippen LogP contribution in [0.1, 0.15) is 22.7 Å². The summed E-state index contributed by atoms with van der Waals surface area (Å²) < 4.78 is 44.5. The van der Waals surface area contributed by atoms with Crippen molar-refractivity contribution in [1.82, 2.24) is 0 Å². The summed E-state index contributed by atoms with van der Waals surface area (Å²) in [6.07, 6.45) is -3.83. The molecule has 1 atom stereocenters. The lowest BCUT2D eigenvalue weighted by atomic mass is 9.97. The topological polar surface area (TPSA) is 21.3 Å². The van der Waals surface area contributed by atoms with Crippen LogP contribution in [0.2, 0.25) is 0 Å². The van der Waals surface area contributed by atoms with Crippen molar-refractivity contribution in [2.24, 2.45) is 0 Å². The number of benzene rings is 2. The third-order valence-electron chi connectivity index (χ3n) is 3.71. The average Bonchev–Trinajstić information content (AvgIpc) is 2.89. The molecule has 2 aromatic carbocycles. The second-order valence-electron chi connectivity index (χ2n) is 5.01. The van der Waals surface area contributed by atoms with Crippen LogP contribution in [0.25, 0.3) is 0 Å². The monoisotopic (exact) mass is 293 g/mol. The molecule has 5 heteroatoms. The lowest BCUT2D eigenvalue weighted by Crippen LogP contribution is -2.15. The molecule has 1 N–H and O–H groups in total. The first-order chi connectivity index (χ1) is 9.99. The van der Waals surface area contributed by atoms with E-state index in [9.17, 15) is 13.2 Å². The highest BCUT2D eigenvalue weighted by molar-refractivity contribution is 5.61. The zero-order valence-corrected chi connectivity index (χ0v) is 11.4. The fourth-order valence-corrected chi connectivity index (χ4v) is 2.71. The van der Waals surface area contributed by atoms with Crippen molar-refractivity contribution in [3.8, 4) is 5.75 Å². The molecule has 1 aliphatic rings. The molecule has 2 aromatic rings. The van der Waals surface area contributed by atoms with Gasteiger partial charge in [0.1, 0.15) is 5.75 Å². The first-order valence-electron chi connectivity index (χ1n) is 6.58. The number of ether oxygens (including phenoxy) is 1. The predicted octanol–water partition coefficient (Wildman–Crippen LogP) is 4.42. The second kappa shape index (κ2) is 4.98. The van der Waals surface area contributed by atoms with Gasteiger partial charge in [0.15, 0.2) is 0 Å². The Morgan fingerprint density at radius 2 is 1.90 bits per heavy atom. The fraction of sp³-hybridized carbons (Fsp3) is 0.250. The number of nitrogens with one attached hydrogen (secondary N) is 1. The summed E-state index contributed by atoms with van der Waals surface area (Å²) in [6.45, 7) is 0. The zero-order chi connectivity index (χ0) is 15.0. The van der Waals surface area contributed by atoms with Gasteiger partial charge in [-0.25, -0.2) is 0 Å². The van der Waals surface area contributed by atoms with E-state index in [0.717, 1.165) is 17.3 Å². The number of hydrogen-bond acceptors (Lipinski definition) is 2. The normalized spacial score (nSPS) is 17.2. The van der Waals surface area contributed by atoms with Gasteiger partial charge in [0.25, 0.3) is 0 Å². The smallest absolute Gasteiger partial charge is 0.416 e. The van der Waals surface area contributed by atoms with Crippen molar-refractivity contribution in [1.29, 1.82) is 0 Å². The molecule has 1 unspecified atom stereocenters. The van der Waals surface area contributed by atoms with Gasteiger partial charge in [0.2, 0.25) is 0 Å². The third-order valence-corrected chi connectivity index (χ3v) is 3.71. The van der Waals surface area contributed by atoms with E-state index >= 15 is 0 Å². The number of rotatable bonds is 2. The van der Waals surface area contributed by atoms with E-state index in [0.29, 0.717) is 12.2 Å². The van der Waals surface area contributed by atoms with E-state index in [1.165, 1.54) is 12.1 Å². The van der Waals surface area contributed by atoms with E-state index in [1.807, 2.05) is 12.1 Å². The van der Waals surface area contributed by atoms with Crippen LogP contribution in [0, 0.1) is 0 Å². The van der Waals surface area contributed by atoms with Gasteiger partial charge in [-0.1, -0.05) is 18.2 Å². The minimum absolute atomic E-state index is 0.278. The Bertz CT molecular complexity index is 667. The molecule has 0 amide bonds. The van der Waals surface area contributed by atoms with Gasteiger partial charge in [-0.05, 0) is 41.8 Å². The molecule has 0 bridgehead atoms. The van der Waals surface area contributed by atoms with Gasteiger partial charge in [0, 0.05) is 5.69 Å². The summed E-state index contributed by atoms with van der Waals surface area (Å²) in [7, 11) is 1.57. The number of methoxy groups -OCH3 is 1. The molecule has 0 fully saturated rings. The Labute approximate surface area is 120 Å². The molecule has 0 aliphatic carbocycles. The summed E-state index contributed by atoms with van der Waals surface area (Å²) in [4.78, 5) is 0. The highest BCUT2D eigenvalue weighted by Gasteiger charge is 2.36. The summed E-state index contributed by atoms with van der Waals surface area (Å²) in [5, 5.41) is 3.16. The minimum Gasteiger partial charge on any atom is -0.497 e. The van der Waals surface area contributed by atoms with Crippen molar-refractivity contribution in [2.45, 2.75) is 18.6 Å². The maximum atomic E-state index is 13.1. The van der Waals surface area contributed by atoms with Crippen LogP contribution in [-0.4, -0.2) is 7.11 Å². The Morgan fingerprint density at radius 1 is 1.14 bits per heavy atom. The van der Waals surface area contributed by atoms with Gasteiger partial charge in [-0.2, -0.15) is 13.2 Å². The van der Waals surface area contributed by atoms with Crippen LogP contribution in [0.15, 0.2) is 42.5 Å². The molecule has 3 rings (SSSR count). The first-order valence-corrected chi connectivity index (χ1v) is 6.58. The molecule has 2 nitrogen and oxygen atoms in total. The van der Waals surface area contributed by atoms with Gasteiger partial charge >= 0.3 is 6.18 Å². The van der Waals surface area contributed by atoms with Crippen molar-refractivity contribution in [2.75, 3.05) is 12.4 Å². The Balaban J connectivity index is 1.95. The third kappa shape index (κ3) is 2.55. The van der Waals surface area contributed by atoms with E-state index in [4.69, 9.17) is 4.74 Å². The molecule has 0 saturated heterocycles. The Kier molecular flexibility index (Phi) is 3.27. The molecular formula is C16H14F3NO. The molecule has 0 radical (unpaired) electrons. The zero-order valence-electron chi connectivity index (χ0n) is 11.4. The van der Waals surface area contributed by atoms with Crippen LogP contribution in [0.3, 0.4) is 0 Å². The molecule has 0 saturated carbocycles. The fourth-order valence-electron chi connectivity index (χ4n) is 2.71. The van der Waals surface area contributed by atoms with Gasteiger partial charge < -0.3 is 10.1 Å². The summed E-state index contributed by atoms with van der Waals surface area (Å²) in [5.74, 6) is 0.709. The van der Waals surface area contributed by atoms with Gasteiger partial charge in [0.05, 0.1) is 18.7 Å². The van der Waals surface area contributed by atoms with E-state index < -0.39 is 11.7 Å². The molecule has 0 aromatic heterocycles. The van der Waals surface area contributed by atoms with Crippen LogP contribution < -0.4 is 10.1 Å². The van der Waals surface area contributed by atoms with Crippen LogP contribution in [0.5, 0.6) is 5.75 Å². The highest BCUT2D eigenvalue weighted by Crippen LogP contribution is 2.41. The van der Waals surface area contributed by atoms with Crippen LogP contribution in [0.4, 0.5) is 18.9 Å². The predicted molar refractivity (Wildman–Crippen MR) is 74.5 cm³/mol. The minimum atomic E-state index is -4.34. The molecule has 110 valence electrons. The Hall–Kier alpha value is -2.17. The number of fused-ring (bicyclic) bond motifs is 1. The first kappa shape index (κ1) is 13.8. The SMILES string of the molecule is COc1ccc2c(c1)CC(c1ccccc1C(F)(F)F)N2. The van der Waals surface area contributed by atoms with E-state index in [1.54, 1.807) is 19.2 Å². The second-order valence-corrected chi connectivity index (χ2v) is 5.01. The van der Waals surface area contributed by atoms with Gasteiger partial charge in [-0.15, -0.1) is 0 Å². The molecule has 1 heterocycles.